The van der Waals surface area contributed by atoms with Crippen molar-refractivity contribution in [2.45, 2.75) is 0 Å². The molecule has 0 saturated heterocycles. The van der Waals surface area contributed by atoms with Gasteiger partial charge < -0.3 is 9.32 Å². The minimum absolute atomic E-state index is 0.898. The number of furan rings is 1. The van der Waals surface area contributed by atoms with Gasteiger partial charge in [-0.25, -0.2) is 0 Å². The first kappa shape index (κ1) is 30.0. The van der Waals surface area contributed by atoms with E-state index >= 15 is 0 Å². The number of hydrogen-bond acceptors (Lipinski definition) is 3. The fraction of sp³-hybridized carbons (Fsp3) is 0. The minimum atomic E-state index is 0.898. The molecule has 2 aromatic heterocycles. The van der Waals surface area contributed by atoms with Crippen molar-refractivity contribution in [3.8, 4) is 22.3 Å². The van der Waals surface area contributed by atoms with Crippen molar-refractivity contribution in [2.75, 3.05) is 4.90 Å². The van der Waals surface area contributed by atoms with E-state index in [0.717, 1.165) is 50.1 Å². The molecule has 0 amide bonds. The molecule has 0 aliphatic rings. The molecule has 0 bridgehead atoms. The maximum atomic E-state index is 6.80. The molecule has 0 atom stereocenters. The normalized spacial score (nSPS) is 11.8. The van der Waals surface area contributed by atoms with Crippen molar-refractivity contribution >= 4 is 92.1 Å². The highest BCUT2D eigenvalue weighted by atomic mass is 32.1. The van der Waals surface area contributed by atoms with E-state index in [2.05, 4.69) is 193 Å². The molecule has 248 valence electrons. The van der Waals surface area contributed by atoms with E-state index in [1.165, 1.54) is 52.8 Å². The van der Waals surface area contributed by atoms with Gasteiger partial charge in [0.1, 0.15) is 11.2 Å². The van der Waals surface area contributed by atoms with Crippen molar-refractivity contribution in [2.24, 2.45) is 0 Å². The van der Waals surface area contributed by atoms with Crippen LogP contribution in [-0.2, 0) is 0 Å². The van der Waals surface area contributed by atoms with Crippen LogP contribution in [0.1, 0.15) is 0 Å². The van der Waals surface area contributed by atoms with Gasteiger partial charge in [0.2, 0.25) is 0 Å². The Balaban J connectivity index is 1.18. The smallest absolute Gasteiger partial charge is 0.143 e. The van der Waals surface area contributed by atoms with Crippen LogP contribution >= 0.6 is 11.3 Å². The zero-order valence-electron chi connectivity index (χ0n) is 28.7. The molecular weight excluding hydrogens is 663 g/mol. The highest BCUT2D eigenvalue weighted by Gasteiger charge is 2.23. The molecule has 53 heavy (non-hydrogen) atoms. The lowest BCUT2D eigenvalue weighted by molar-refractivity contribution is 0.670. The molecule has 0 N–H and O–H groups in total. The largest absolute Gasteiger partial charge is 0.455 e. The third kappa shape index (κ3) is 4.78. The summed E-state index contributed by atoms with van der Waals surface area (Å²) in [5, 5.41) is 9.67. The zero-order chi connectivity index (χ0) is 34.9. The summed E-state index contributed by atoms with van der Waals surface area (Å²) < 4.78 is 9.35. The van der Waals surface area contributed by atoms with Crippen LogP contribution in [0.5, 0.6) is 0 Å². The van der Waals surface area contributed by atoms with Crippen molar-refractivity contribution < 1.29 is 4.42 Å². The number of nitrogens with zero attached hydrogens (tertiary/aromatic N) is 1. The number of para-hydroxylation sites is 2. The Morgan fingerprint density at radius 2 is 1.02 bits per heavy atom. The third-order valence-corrected chi connectivity index (χ3v) is 11.8. The third-order valence-electron chi connectivity index (χ3n) is 10.6. The van der Waals surface area contributed by atoms with Gasteiger partial charge in [-0.3, -0.25) is 0 Å². The van der Waals surface area contributed by atoms with Crippen LogP contribution in [0.25, 0.3) is 85.9 Å². The maximum absolute atomic E-state index is 6.80. The summed E-state index contributed by atoms with van der Waals surface area (Å²) in [5.74, 6) is 0. The van der Waals surface area contributed by atoms with Gasteiger partial charge in [-0.05, 0) is 75.1 Å². The van der Waals surface area contributed by atoms with Gasteiger partial charge in [0.15, 0.2) is 0 Å². The molecule has 3 heteroatoms. The lowest BCUT2D eigenvalue weighted by atomic mass is 9.96. The SMILES string of the molecule is c1cc(-c2cccc3ccccc23)cc(N(c2ccccc2-c2cccc3c2oc2cc4ccccc4cc23)c2cccc3c2sc2ccccc23)c1. The lowest BCUT2D eigenvalue weighted by Crippen LogP contribution is -2.11. The molecule has 0 fully saturated rings. The highest BCUT2D eigenvalue weighted by molar-refractivity contribution is 7.26. The van der Waals surface area contributed by atoms with Crippen LogP contribution in [0.4, 0.5) is 17.1 Å². The fourth-order valence-electron chi connectivity index (χ4n) is 8.20. The molecule has 0 saturated carbocycles. The Hall–Kier alpha value is -6.68. The van der Waals surface area contributed by atoms with Crippen LogP contribution < -0.4 is 4.90 Å². The van der Waals surface area contributed by atoms with Crippen LogP contribution in [0.2, 0.25) is 0 Å². The topological polar surface area (TPSA) is 16.4 Å². The molecule has 0 radical (unpaired) electrons. The van der Waals surface area contributed by atoms with Crippen LogP contribution in [0.3, 0.4) is 0 Å². The van der Waals surface area contributed by atoms with E-state index in [1.807, 2.05) is 11.3 Å². The summed E-state index contributed by atoms with van der Waals surface area (Å²) >= 11 is 1.86. The molecule has 0 spiro atoms. The number of fused-ring (bicyclic) bond motifs is 8. The average molecular weight is 694 g/mol. The van der Waals surface area contributed by atoms with Crippen molar-refractivity contribution in [1.82, 2.24) is 0 Å². The molecule has 0 aliphatic carbocycles. The molecule has 2 heterocycles. The first-order valence-electron chi connectivity index (χ1n) is 18.0. The summed E-state index contributed by atoms with van der Waals surface area (Å²) in [6.45, 7) is 0. The first-order chi connectivity index (χ1) is 26.3. The quantitative estimate of drug-likeness (QED) is 0.178. The molecule has 11 rings (SSSR count). The second-order valence-electron chi connectivity index (χ2n) is 13.7. The summed E-state index contributed by atoms with van der Waals surface area (Å²) in [6, 6.07) is 68.0. The zero-order valence-corrected chi connectivity index (χ0v) is 29.5. The van der Waals surface area contributed by atoms with E-state index in [9.17, 15) is 0 Å². The second kappa shape index (κ2) is 11.9. The Kier molecular flexibility index (Phi) is 6.76. The number of benzene rings is 9. The minimum Gasteiger partial charge on any atom is -0.455 e. The van der Waals surface area contributed by atoms with E-state index in [-0.39, 0.29) is 0 Å². The Bertz CT molecular complexity index is 3200. The summed E-state index contributed by atoms with van der Waals surface area (Å²) in [4.78, 5) is 2.46. The number of anilines is 3. The van der Waals surface area contributed by atoms with Gasteiger partial charge in [0.05, 0.1) is 16.1 Å². The van der Waals surface area contributed by atoms with Gasteiger partial charge in [0, 0.05) is 43.1 Å². The van der Waals surface area contributed by atoms with E-state index in [0.29, 0.717) is 0 Å². The average Bonchev–Trinajstić information content (AvgIpc) is 3.79. The summed E-state index contributed by atoms with van der Waals surface area (Å²) in [6.07, 6.45) is 0. The van der Waals surface area contributed by atoms with Gasteiger partial charge in [-0.2, -0.15) is 0 Å². The van der Waals surface area contributed by atoms with Gasteiger partial charge >= 0.3 is 0 Å². The monoisotopic (exact) mass is 693 g/mol. The number of hydrogen-bond donors (Lipinski definition) is 0. The van der Waals surface area contributed by atoms with Crippen molar-refractivity contribution in [3.63, 3.8) is 0 Å². The van der Waals surface area contributed by atoms with Crippen LogP contribution in [-0.4, -0.2) is 0 Å². The molecule has 2 nitrogen and oxygen atoms in total. The maximum Gasteiger partial charge on any atom is 0.143 e. The lowest BCUT2D eigenvalue weighted by Gasteiger charge is -2.29. The van der Waals surface area contributed by atoms with Crippen molar-refractivity contribution in [1.29, 1.82) is 0 Å². The van der Waals surface area contributed by atoms with Gasteiger partial charge in [-0.15, -0.1) is 11.3 Å². The van der Waals surface area contributed by atoms with E-state index in [1.54, 1.807) is 0 Å². The predicted molar refractivity (Wildman–Crippen MR) is 227 cm³/mol. The molecular formula is C50H31NOS. The summed E-state index contributed by atoms with van der Waals surface area (Å²) in [7, 11) is 0. The fourth-order valence-corrected chi connectivity index (χ4v) is 9.40. The van der Waals surface area contributed by atoms with Crippen LogP contribution in [0.15, 0.2) is 192 Å². The number of thiophene rings is 1. The number of rotatable bonds is 5. The molecule has 11 aromatic rings. The predicted octanol–water partition coefficient (Wildman–Crippen LogP) is 15.1. The van der Waals surface area contributed by atoms with E-state index in [4.69, 9.17) is 4.42 Å². The standard InChI is InChI=1S/C50H31NOS/c1-2-15-34-31-47-44(30-33(34)14-1)42-24-11-23-41(49(42)52-47)39-20-5-7-26-45(39)51(46-27-12-25-43-40-21-6-8-28-48(40)53-50(43)46)36-18-9-17-35(29-36)38-22-10-16-32-13-3-4-19-37(32)38/h1-31H. The van der Waals surface area contributed by atoms with Gasteiger partial charge in [0.25, 0.3) is 0 Å². The molecule has 0 unspecified atom stereocenters. The van der Waals surface area contributed by atoms with Gasteiger partial charge in [-0.1, -0.05) is 146 Å². The summed E-state index contributed by atoms with van der Waals surface area (Å²) in [5.41, 5.74) is 9.70. The van der Waals surface area contributed by atoms with Crippen molar-refractivity contribution in [3.05, 3.63) is 188 Å². The highest BCUT2D eigenvalue weighted by Crippen LogP contribution is 2.49. The van der Waals surface area contributed by atoms with E-state index < -0.39 is 0 Å². The van der Waals surface area contributed by atoms with Crippen LogP contribution in [0, 0.1) is 0 Å². The Morgan fingerprint density at radius 1 is 0.396 bits per heavy atom. The molecule has 0 aliphatic heterocycles. The Morgan fingerprint density at radius 3 is 1.94 bits per heavy atom. The second-order valence-corrected chi connectivity index (χ2v) is 14.7. The molecule has 9 aromatic carbocycles. The first-order valence-corrected chi connectivity index (χ1v) is 18.8. The Labute approximate surface area is 310 Å².